The predicted molar refractivity (Wildman–Crippen MR) is 90.1 cm³/mol. The Labute approximate surface area is 152 Å². The van der Waals surface area contributed by atoms with Crippen LogP contribution in [0.15, 0.2) is 0 Å². The van der Waals surface area contributed by atoms with Crippen LogP contribution < -0.4 is 5.48 Å². The molecule has 2 N–H and O–H groups in total. The highest BCUT2D eigenvalue weighted by Gasteiger charge is 2.37. The number of hydrogen-bond acceptors (Lipinski definition) is 6. The van der Waals surface area contributed by atoms with E-state index in [9.17, 15) is 19.6 Å². The average Bonchev–Trinajstić information content (AvgIpc) is 2.49. The zero-order chi connectivity index (χ0) is 19.5. The normalized spacial score (nSPS) is 21.5. The lowest BCUT2D eigenvalue weighted by molar-refractivity contribution is -0.146. The van der Waals surface area contributed by atoms with Crippen LogP contribution in [0.3, 0.4) is 0 Å². The van der Waals surface area contributed by atoms with E-state index in [0.717, 1.165) is 0 Å². The van der Waals surface area contributed by atoms with Gasteiger partial charge in [-0.25, -0.2) is 20.1 Å². The van der Waals surface area contributed by atoms with Crippen LogP contribution in [0.25, 0.3) is 0 Å². The molecule has 148 valence electrons. The molecule has 2 heterocycles. The molecule has 10 heteroatoms. The Hall–Kier alpha value is -2.07. The van der Waals surface area contributed by atoms with Gasteiger partial charge in [0.15, 0.2) is 0 Å². The molecule has 2 aliphatic heterocycles. The predicted octanol–water partition coefficient (Wildman–Crippen LogP) is 0.807. The maximum Gasteiger partial charge on any atom is 0.410 e. The highest BCUT2D eigenvalue weighted by Crippen LogP contribution is 2.20. The molecule has 1 atom stereocenters. The molecular formula is C16H28N4O6. The zero-order valence-corrected chi connectivity index (χ0v) is 15.7. The minimum absolute atomic E-state index is 0.0981. The first-order valence-corrected chi connectivity index (χ1v) is 8.79. The van der Waals surface area contributed by atoms with Crippen LogP contribution in [0.5, 0.6) is 0 Å². The topological polar surface area (TPSA) is 112 Å². The quantitative estimate of drug-likeness (QED) is 0.546. The first-order valence-electron chi connectivity index (χ1n) is 8.79. The number of carbonyl (C=O) groups excluding carboxylic acids is 3. The van der Waals surface area contributed by atoms with Crippen molar-refractivity contribution in [2.45, 2.75) is 45.8 Å². The molecule has 0 radical (unpaired) electrons. The molecule has 10 nitrogen and oxygen atoms in total. The second-order valence-electron chi connectivity index (χ2n) is 7.52. The molecule has 0 aromatic carbocycles. The van der Waals surface area contributed by atoms with Crippen molar-refractivity contribution < 1.29 is 29.2 Å². The van der Waals surface area contributed by atoms with Gasteiger partial charge in [-0.2, -0.15) is 0 Å². The van der Waals surface area contributed by atoms with Crippen LogP contribution >= 0.6 is 0 Å². The monoisotopic (exact) mass is 372 g/mol. The summed E-state index contributed by atoms with van der Waals surface area (Å²) in [6, 6.07) is -1.26. The van der Waals surface area contributed by atoms with Crippen LogP contribution in [-0.2, 0) is 14.4 Å². The third kappa shape index (κ3) is 4.98. The third-order valence-electron chi connectivity index (χ3n) is 4.20. The Morgan fingerprint density at radius 1 is 1.31 bits per heavy atom. The Morgan fingerprint density at radius 3 is 2.54 bits per heavy atom. The van der Waals surface area contributed by atoms with Gasteiger partial charge in [0, 0.05) is 25.6 Å². The second-order valence-corrected chi connectivity index (χ2v) is 7.52. The van der Waals surface area contributed by atoms with Crippen LogP contribution in [-0.4, -0.2) is 82.5 Å². The van der Waals surface area contributed by atoms with Crippen LogP contribution in [0.4, 0.5) is 9.59 Å². The van der Waals surface area contributed by atoms with E-state index in [1.807, 2.05) is 20.8 Å². The van der Waals surface area contributed by atoms with E-state index in [1.54, 1.807) is 11.8 Å². The number of rotatable bonds is 5. The first kappa shape index (κ1) is 20.2. The molecular weight excluding hydrogens is 344 g/mol. The van der Waals surface area contributed by atoms with Gasteiger partial charge in [-0.05, 0) is 34.1 Å². The Balaban J connectivity index is 1.68. The van der Waals surface area contributed by atoms with Crippen molar-refractivity contribution in [2.75, 3.05) is 32.8 Å². The van der Waals surface area contributed by atoms with Crippen LogP contribution in [0, 0.1) is 5.92 Å². The van der Waals surface area contributed by atoms with Gasteiger partial charge in [0.05, 0.1) is 13.2 Å². The summed E-state index contributed by atoms with van der Waals surface area (Å²) in [7, 11) is 0. The average molecular weight is 372 g/mol. The Morgan fingerprint density at radius 2 is 1.96 bits per heavy atom. The summed E-state index contributed by atoms with van der Waals surface area (Å²) >= 11 is 0. The lowest BCUT2D eigenvalue weighted by atomic mass is 10.0. The lowest BCUT2D eigenvalue weighted by Crippen LogP contribution is -2.58. The van der Waals surface area contributed by atoms with Crippen molar-refractivity contribution >= 4 is 18.0 Å². The smallest absolute Gasteiger partial charge is 0.410 e. The molecule has 0 spiro atoms. The highest BCUT2D eigenvalue weighted by atomic mass is 16.7. The van der Waals surface area contributed by atoms with E-state index in [0.29, 0.717) is 31.1 Å². The van der Waals surface area contributed by atoms with Crippen molar-refractivity contribution in [1.82, 2.24) is 20.3 Å². The fourth-order valence-corrected chi connectivity index (χ4v) is 2.86. The molecule has 2 saturated heterocycles. The molecule has 0 aromatic rings. The van der Waals surface area contributed by atoms with Gasteiger partial charge in [-0.3, -0.25) is 14.8 Å². The number of nitrogens with zero attached hydrogens (tertiary/aromatic N) is 3. The number of hydroxylamine groups is 3. The summed E-state index contributed by atoms with van der Waals surface area (Å²) in [5.74, 6) is -0.303. The van der Waals surface area contributed by atoms with Crippen molar-refractivity contribution in [2.24, 2.45) is 5.92 Å². The summed E-state index contributed by atoms with van der Waals surface area (Å²) in [5.41, 5.74) is 1.84. The largest absolute Gasteiger partial charge is 0.444 e. The van der Waals surface area contributed by atoms with Crippen LogP contribution in [0.2, 0.25) is 0 Å². The molecule has 0 aliphatic carbocycles. The summed E-state index contributed by atoms with van der Waals surface area (Å²) < 4.78 is 5.27. The third-order valence-corrected chi connectivity index (χ3v) is 4.20. The van der Waals surface area contributed by atoms with Crippen molar-refractivity contribution in [1.29, 1.82) is 0 Å². The molecule has 2 rings (SSSR count). The van der Waals surface area contributed by atoms with Gasteiger partial charge in [-0.1, -0.05) is 0 Å². The fourth-order valence-electron chi connectivity index (χ4n) is 2.86. The number of nitrogens with one attached hydrogen (secondary N) is 1. The van der Waals surface area contributed by atoms with Crippen LogP contribution in [0.1, 0.15) is 34.1 Å². The minimum Gasteiger partial charge on any atom is -0.444 e. The van der Waals surface area contributed by atoms with Crippen molar-refractivity contribution in [3.8, 4) is 0 Å². The number of likely N-dealkylation sites (N-methyl/N-ethyl adjacent to an activating group) is 1. The van der Waals surface area contributed by atoms with Gasteiger partial charge < -0.3 is 14.5 Å². The lowest BCUT2D eigenvalue weighted by Gasteiger charge is -2.39. The van der Waals surface area contributed by atoms with Gasteiger partial charge >= 0.3 is 12.1 Å². The molecule has 1 unspecified atom stereocenters. The number of ether oxygens (including phenoxy) is 1. The molecule has 4 amide bonds. The molecule has 2 aliphatic rings. The van der Waals surface area contributed by atoms with E-state index in [-0.39, 0.29) is 25.2 Å². The van der Waals surface area contributed by atoms with E-state index in [4.69, 9.17) is 9.57 Å². The van der Waals surface area contributed by atoms with E-state index in [2.05, 4.69) is 5.48 Å². The molecule has 2 fully saturated rings. The van der Waals surface area contributed by atoms with Gasteiger partial charge in [0.1, 0.15) is 11.6 Å². The Kier molecular flexibility index (Phi) is 6.30. The standard InChI is InChI=1S/C16H28N4O6/c1-5-19-12(6-7-20(24)14(19)22)13(21)17-25-10-11-8-18(9-11)15(23)26-16(2,3)4/h11-12,24H,5-10H2,1-4H3,(H,17,21). The summed E-state index contributed by atoms with van der Waals surface area (Å²) in [6.45, 7) is 8.86. The maximum absolute atomic E-state index is 12.2. The number of hydrogen-bond donors (Lipinski definition) is 2. The zero-order valence-electron chi connectivity index (χ0n) is 15.7. The van der Waals surface area contributed by atoms with Crippen molar-refractivity contribution in [3.05, 3.63) is 0 Å². The number of likely N-dealkylation sites (tertiary alicyclic amines) is 1. The number of carbonyl (C=O) groups is 3. The Bertz CT molecular complexity index is 543. The SMILES string of the molecule is CCN1C(=O)N(O)CCC1C(=O)NOCC1CN(C(=O)OC(C)(C)C)C1. The summed E-state index contributed by atoms with van der Waals surface area (Å²) in [4.78, 5) is 44.0. The molecule has 0 aromatic heterocycles. The summed E-state index contributed by atoms with van der Waals surface area (Å²) in [6.07, 6.45) is -0.0353. The van der Waals surface area contributed by atoms with E-state index >= 15 is 0 Å². The van der Waals surface area contributed by atoms with E-state index in [1.165, 1.54) is 4.90 Å². The first-order chi connectivity index (χ1) is 12.1. The van der Waals surface area contributed by atoms with E-state index < -0.39 is 23.6 Å². The fraction of sp³-hybridized carbons (Fsp3) is 0.812. The van der Waals surface area contributed by atoms with Gasteiger partial charge in [-0.15, -0.1) is 0 Å². The highest BCUT2D eigenvalue weighted by molar-refractivity contribution is 5.87. The van der Waals surface area contributed by atoms with Crippen molar-refractivity contribution in [3.63, 3.8) is 0 Å². The molecule has 0 saturated carbocycles. The maximum atomic E-state index is 12.2. The van der Waals surface area contributed by atoms with Gasteiger partial charge in [0.25, 0.3) is 5.91 Å². The summed E-state index contributed by atoms with van der Waals surface area (Å²) in [5, 5.41) is 10.0. The molecule has 0 bridgehead atoms. The molecule has 26 heavy (non-hydrogen) atoms. The van der Waals surface area contributed by atoms with Gasteiger partial charge in [0.2, 0.25) is 0 Å². The number of urea groups is 1. The number of amides is 4. The minimum atomic E-state index is -0.671. The second kappa shape index (κ2) is 8.09.